The molecule has 2 nitrogen and oxygen atoms in total. The Bertz CT molecular complexity index is 371. The normalized spacial score (nSPS) is 13.0. The number of hydrogen-bond donors (Lipinski definition) is 1. The van der Waals surface area contributed by atoms with Crippen molar-refractivity contribution in [2.24, 2.45) is 17.6 Å². The van der Waals surface area contributed by atoms with Gasteiger partial charge in [-0.05, 0) is 43.2 Å². The molecule has 0 aliphatic rings. The summed E-state index contributed by atoms with van der Waals surface area (Å²) in [5, 5.41) is 0. The number of hydrogen-bond acceptors (Lipinski definition) is 2. The first kappa shape index (κ1) is 17.0. The zero-order valence-electron chi connectivity index (χ0n) is 13.9. The summed E-state index contributed by atoms with van der Waals surface area (Å²) in [5.41, 5.74) is 8.72. The predicted molar refractivity (Wildman–Crippen MR) is 90.2 cm³/mol. The van der Waals surface area contributed by atoms with Gasteiger partial charge in [0.2, 0.25) is 0 Å². The number of para-hydroxylation sites is 1. The van der Waals surface area contributed by atoms with Crippen LogP contribution in [0.25, 0.3) is 0 Å². The van der Waals surface area contributed by atoms with E-state index in [9.17, 15) is 0 Å². The van der Waals surface area contributed by atoms with Crippen LogP contribution in [0.1, 0.15) is 59.1 Å². The van der Waals surface area contributed by atoms with Crippen LogP contribution in [0, 0.1) is 11.8 Å². The average molecular weight is 276 g/mol. The molecule has 0 bridgehead atoms. The van der Waals surface area contributed by atoms with Crippen molar-refractivity contribution in [1.29, 1.82) is 0 Å². The van der Waals surface area contributed by atoms with Crippen molar-refractivity contribution in [3.8, 4) is 0 Å². The van der Waals surface area contributed by atoms with Crippen molar-refractivity contribution in [3.05, 3.63) is 29.8 Å². The second-order valence-electron chi connectivity index (χ2n) is 6.70. The van der Waals surface area contributed by atoms with Gasteiger partial charge in [-0.25, -0.2) is 0 Å². The SMILES string of the molecule is CC(C)CCN(CCC(C)C)c1ccccc1[C@H](C)N. The van der Waals surface area contributed by atoms with Gasteiger partial charge < -0.3 is 10.6 Å². The summed E-state index contributed by atoms with van der Waals surface area (Å²) in [7, 11) is 0. The highest BCUT2D eigenvalue weighted by Gasteiger charge is 2.14. The summed E-state index contributed by atoms with van der Waals surface area (Å²) in [4.78, 5) is 2.53. The molecule has 0 amide bonds. The van der Waals surface area contributed by atoms with Crippen molar-refractivity contribution in [2.75, 3.05) is 18.0 Å². The van der Waals surface area contributed by atoms with Gasteiger partial charge in [-0.2, -0.15) is 0 Å². The largest absolute Gasteiger partial charge is 0.371 e. The maximum atomic E-state index is 6.14. The minimum atomic E-state index is 0.0896. The van der Waals surface area contributed by atoms with E-state index in [0.717, 1.165) is 24.9 Å². The topological polar surface area (TPSA) is 29.3 Å². The van der Waals surface area contributed by atoms with Gasteiger partial charge in [-0.15, -0.1) is 0 Å². The van der Waals surface area contributed by atoms with Crippen LogP contribution in [-0.4, -0.2) is 13.1 Å². The molecule has 1 atom stereocenters. The second-order valence-corrected chi connectivity index (χ2v) is 6.70. The molecule has 114 valence electrons. The number of nitrogens with two attached hydrogens (primary N) is 1. The van der Waals surface area contributed by atoms with Crippen molar-refractivity contribution in [1.82, 2.24) is 0 Å². The zero-order chi connectivity index (χ0) is 15.1. The summed E-state index contributed by atoms with van der Waals surface area (Å²) in [6.45, 7) is 13.5. The quantitative estimate of drug-likeness (QED) is 0.751. The Hall–Kier alpha value is -1.02. The molecular weight excluding hydrogens is 244 g/mol. The molecule has 1 aromatic carbocycles. The summed E-state index contributed by atoms with van der Waals surface area (Å²) in [6.07, 6.45) is 2.46. The third-order valence-electron chi connectivity index (χ3n) is 3.72. The minimum Gasteiger partial charge on any atom is -0.371 e. The van der Waals surface area contributed by atoms with Gasteiger partial charge in [-0.3, -0.25) is 0 Å². The molecular formula is C18H32N2. The van der Waals surface area contributed by atoms with Crippen LogP contribution >= 0.6 is 0 Å². The van der Waals surface area contributed by atoms with Crippen LogP contribution in [0.15, 0.2) is 24.3 Å². The molecule has 0 unspecified atom stereocenters. The average Bonchev–Trinajstić information content (AvgIpc) is 2.38. The van der Waals surface area contributed by atoms with E-state index >= 15 is 0 Å². The van der Waals surface area contributed by atoms with Gasteiger partial charge in [0.15, 0.2) is 0 Å². The Labute approximate surface area is 125 Å². The molecule has 2 heteroatoms. The number of anilines is 1. The maximum Gasteiger partial charge on any atom is 0.0414 e. The van der Waals surface area contributed by atoms with Crippen molar-refractivity contribution < 1.29 is 0 Å². The van der Waals surface area contributed by atoms with E-state index in [4.69, 9.17) is 5.73 Å². The minimum absolute atomic E-state index is 0.0896. The lowest BCUT2D eigenvalue weighted by Crippen LogP contribution is -2.29. The highest BCUT2D eigenvalue weighted by atomic mass is 15.1. The van der Waals surface area contributed by atoms with Crippen LogP contribution in [0.2, 0.25) is 0 Å². The van der Waals surface area contributed by atoms with Crippen LogP contribution in [0.5, 0.6) is 0 Å². The lowest BCUT2D eigenvalue weighted by atomic mass is 10.0. The first-order chi connectivity index (χ1) is 9.41. The standard InChI is InChI=1S/C18H32N2/c1-14(2)10-12-20(13-11-15(3)4)18-9-7-6-8-17(18)16(5)19/h6-9,14-16H,10-13,19H2,1-5H3/t16-/m0/s1. The smallest absolute Gasteiger partial charge is 0.0414 e. The first-order valence-electron chi connectivity index (χ1n) is 8.01. The van der Waals surface area contributed by atoms with Gasteiger partial charge in [0.05, 0.1) is 0 Å². The lowest BCUT2D eigenvalue weighted by Gasteiger charge is -2.29. The fourth-order valence-electron chi connectivity index (χ4n) is 2.34. The van der Waals surface area contributed by atoms with Crippen LogP contribution < -0.4 is 10.6 Å². The van der Waals surface area contributed by atoms with Crippen molar-refractivity contribution in [3.63, 3.8) is 0 Å². The summed E-state index contributed by atoms with van der Waals surface area (Å²) >= 11 is 0. The molecule has 0 saturated carbocycles. The zero-order valence-corrected chi connectivity index (χ0v) is 13.9. The molecule has 1 aromatic rings. The van der Waals surface area contributed by atoms with E-state index in [1.807, 2.05) is 0 Å². The molecule has 0 fully saturated rings. The molecule has 20 heavy (non-hydrogen) atoms. The Morgan fingerprint density at radius 3 is 1.85 bits per heavy atom. The molecule has 0 saturated heterocycles. The van der Waals surface area contributed by atoms with Crippen LogP contribution in [-0.2, 0) is 0 Å². The molecule has 1 rings (SSSR count). The van der Waals surface area contributed by atoms with Crippen molar-refractivity contribution in [2.45, 2.75) is 53.5 Å². The number of benzene rings is 1. The third kappa shape index (κ3) is 5.54. The Kier molecular flexibility index (Phi) is 7.08. The first-order valence-corrected chi connectivity index (χ1v) is 8.01. The summed E-state index contributed by atoms with van der Waals surface area (Å²) in [6, 6.07) is 8.69. The molecule has 0 heterocycles. The second kappa shape index (κ2) is 8.31. The highest BCUT2D eigenvalue weighted by molar-refractivity contribution is 5.54. The summed E-state index contributed by atoms with van der Waals surface area (Å²) in [5.74, 6) is 1.47. The molecule has 2 N–H and O–H groups in total. The monoisotopic (exact) mass is 276 g/mol. The fraction of sp³-hybridized carbons (Fsp3) is 0.667. The van der Waals surface area contributed by atoms with Gasteiger partial charge in [-0.1, -0.05) is 45.9 Å². The molecule has 0 aliphatic carbocycles. The van der Waals surface area contributed by atoms with E-state index in [-0.39, 0.29) is 6.04 Å². The molecule has 0 aromatic heterocycles. The van der Waals surface area contributed by atoms with E-state index < -0.39 is 0 Å². The number of rotatable bonds is 8. The van der Waals surface area contributed by atoms with Gasteiger partial charge in [0.1, 0.15) is 0 Å². The van der Waals surface area contributed by atoms with Gasteiger partial charge in [0.25, 0.3) is 0 Å². The highest BCUT2D eigenvalue weighted by Crippen LogP contribution is 2.26. The van der Waals surface area contributed by atoms with E-state index in [1.165, 1.54) is 24.1 Å². The molecule has 0 spiro atoms. The van der Waals surface area contributed by atoms with Gasteiger partial charge in [0, 0.05) is 24.8 Å². The maximum absolute atomic E-state index is 6.14. The van der Waals surface area contributed by atoms with Crippen molar-refractivity contribution >= 4 is 5.69 Å². The molecule has 0 radical (unpaired) electrons. The van der Waals surface area contributed by atoms with Crippen LogP contribution in [0.4, 0.5) is 5.69 Å². The number of nitrogens with zero attached hydrogens (tertiary/aromatic N) is 1. The van der Waals surface area contributed by atoms with E-state index in [2.05, 4.69) is 63.8 Å². The Balaban J connectivity index is 2.90. The Morgan fingerprint density at radius 2 is 1.40 bits per heavy atom. The Morgan fingerprint density at radius 1 is 0.900 bits per heavy atom. The van der Waals surface area contributed by atoms with Gasteiger partial charge >= 0.3 is 0 Å². The predicted octanol–water partition coefficient (Wildman–Crippen LogP) is 4.60. The third-order valence-corrected chi connectivity index (χ3v) is 3.72. The van der Waals surface area contributed by atoms with Crippen LogP contribution in [0.3, 0.4) is 0 Å². The fourth-order valence-corrected chi connectivity index (χ4v) is 2.34. The molecule has 0 aliphatic heterocycles. The lowest BCUT2D eigenvalue weighted by molar-refractivity contribution is 0.534. The summed E-state index contributed by atoms with van der Waals surface area (Å²) < 4.78 is 0. The van der Waals surface area contributed by atoms with E-state index in [0.29, 0.717) is 0 Å². The van der Waals surface area contributed by atoms with E-state index in [1.54, 1.807) is 0 Å².